The molecule has 0 aromatic rings. The molecule has 0 spiro atoms. The van der Waals surface area contributed by atoms with Gasteiger partial charge >= 0.3 is 5.97 Å². The molecule has 4 nitrogen and oxygen atoms in total. The molecular formula is C14H23NO3. The molecule has 18 heavy (non-hydrogen) atoms. The number of esters is 1. The van der Waals surface area contributed by atoms with E-state index in [1.165, 1.54) is 31.4 Å². The molecule has 0 aliphatic heterocycles. The summed E-state index contributed by atoms with van der Waals surface area (Å²) in [5.41, 5.74) is 0. The Morgan fingerprint density at radius 3 is 2.56 bits per heavy atom. The number of hydrogen-bond donors (Lipinski definition) is 1. The van der Waals surface area contributed by atoms with Gasteiger partial charge in [-0.2, -0.15) is 0 Å². The minimum Gasteiger partial charge on any atom is -0.460 e. The van der Waals surface area contributed by atoms with Crippen LogP contribution in [-0.2, 0) is 14.3 Å². The molecule has 1 saturated carbocycles. The lowest BCUT2D eigenvalue weighted by Gasteiger charge is -2.21. The zero-order valence-corrected chi connectivity index (χ0v) is 11.3. The fourth-order valence-corrected chi connectivity index (χ4v) is 1.96. The summed E-state index contributed by atoms with van der Waals surface area (Å²) < 4.78 is 5.03. The standard InChI is InChI=1S/C14H23NO3/c1-3-11(2)18-14(17)10-9-13(16)15-12-7-5-4-6-8-12/h9-12H,3-8H2,1-2H3,(H,15,16)/b10-9-. The lowest BCUT2D eigenvalue weighted by atomic mass is 9.95. The van der Waals surface area contributed by atoms with Gasteiger partial charge in [-0.15, -0.1) is 0 Å². The second-order valence-corrected chi connectivity index (χ2v) is 4.83. The number of amides is 1. The Kier molecular flexibility index (Phi) is 6.47. The molecule has 1 N–H and O–H groups in total. The minimum atomic E-state index is -0.455. The van der Waals surface area contributed by atoms with Crippen LogP contribution in [0.1, 0.15) is 52.4 Å². The predicted molar refractivity (Wildman–Crippen MR) is 70.0 cm³/mol. The summed E-state index contributed by atoms with van der Waals surface area (Å²) in [4.78, 5) is 22.9. The van der Waals surface area contributed by atoms with Crippen LogP contribution in [0.3, 0.4) is 0 Å². The molecule has 0 radical (unpaired) electrons. The first kappa shape index (κ1) is 14.7. The minimum absolute atomic E-state index is 0.108. The second-order valence-electron chi connectivity index (χ2n) is 4.83. The maximum atomic E-state index is 11.6. The normalized spacial score (nSPS) is 18.6. The van der Waals surface area contributed by atoms with Crippen molar-refractivity contribution in [1.82, 2.24) is 5.32 Å². The van der Waals surface area contributed by atoms with Gasteiger partial charge in [-0.1, -0.05) is 26.2 Å². The van der Waals surface area contributed by atoms with Crippen LogP contribution in [0.4, 0.5) is 0 Å². The van der Waals surface area contributed by atoms with Crippen LogP contribution in [0.25, 0.3) is 0 Å². The number of hydrogen-bond acceptors (Lipinski definition) is 3. The van der Waals surface area contributed by atoms with Gasteiger partial charge < -0.3 is 10.1 Å². The van der Waals surface area contributed by atoms with E-state index in [0.717, 1.165) is 19.3 Å². The summed E-state index contributed by atoms with van der Waals surface area (Å²) in [6.45, 7) is 3.77. The van der Waals surface area contributed by atoms with Gasteiger partial charge in [0.25, 0.3) is 0 Å². The lowest BCUT2D eigenvalue weighted by Crippen LogP contribution is -2.35. The van der Waals surface area contributed by atoms with Gasteiger partial charge in [0, 0.05) is 18.2 Å². The third-order valence-electron chi connectivity index (χ3n) is 3.21. The van der Waals surface area contributed by atoms with E-state index in [2.05, 4.69) is 5.32 Å². The summed E-state index contributed by atoms with van der Waals surface area (Å²) in [7, 11) is 0. The van der Waals surface area contributed by atoms with Crippen LogP contribution in [0.2, 0.25) is 0 Å². The van der Waals surface area contributed by atoms with Crippen molar-refractivity contribution in [3.05, 3.63) is 12.2 Å². The van der Waals surface area contributed by atoms with Crippen LogP contribution < -0.4 is 5.32 Å². The van der Waals surface area contributed by atoms with Gasteiger partial charge in [-0.3, -0.25) is 4.79 Å². The van der Waals surface area contributed by atoms with Gasteiger partial charge in [0.15, 0.2) is 0 Å². The fourth-order valence-electron chi connectivity index (χ4n) is 1.96. The molecule has 1 aliphatic carbocycles. The van der Waals surface area contributed by atoms with Crippen molar-refractivity contribution in [2.24, 2.45) is 0 Å². The third-order valence-corrected chi connectivity index (χ3v) is 3.21. The van der Waals surface area contributed by atoms with E-state index in [9.17, 15) is 9.59 Å². The van der Waals surface area contributed by atoms with Crippen molar-refractivity contribution >= 4 is 11.9 Å². The number of carbonyl (C=O) groups excluding carboxylic acids is 2. The monoisotopic (exact) mass is 253 g/mol. The van der Waals surface area contributed by atoms with Gasteiger partial charge in [0.2, 0.25) is 5.91 Å². The Morgan fingerprint density at radius 1 is 1.28 bits per heavy atom. The molecule has 1 fully saturated rings. The highest BCUT2D eigenvalue weighted by Crippen LogP contribution is 2.17. The zero-order chi connectivity index (χ0) is 13.4. The highest BCUT2D eigenvalue weighted by Gasteiger charge is 2.14. The number of ether oxygens (including phenoxy) is 1. The molecule has 4 heteroatoms. The molecule has 1 unspecified atom stereocenters. The van der Waals surface area contributed by atoms with E-state index in [1.54, 1.807) is 0 Å². The van der Waals surface area contributed by atoms with E-state index in [-0.39, 0.29) is 18.1 Å². The molecule has 0 heterocycles. The Bertz CT molecular complexity index is 306. The van der Waals surface area contributed by atoms with Crippen LogP contribution >= 0.6 is 0 Å². The third kappa shape index (κ3) is 5.84. The SMILES string of the molecule is CCC(C)OC(=O)/C=C\C(=O)NC1CCCCC1. The van der Waals surface area contributed by atoms with E-state index in [1.807, 2.05) is 13.8 Å². The van der Waals surface area contributed by atoms with Crippen molar-refractivity contribution in [2.75, 3.05) is 0 Å². The molecule has 1 aliphatic rings. The quantitative estimate of drug-likeness (QED) is 0.604. The van der Waals surface area contributed by atoms with Gasteiger partial charge in [0.1, 0.15) is 0 Å². The van der Waals surface area contributed by atoms with E-state index in [0.29, 0.717) is 0 Å². The highest BCUT2D eigenvalue weighted by molar-refractivity contribution is 5.94. The molecule has 1 rings (SSSR count). The van der Waals surface area contributed by atoms with Crippen LogP contribution in [0, 0.1) is 0 Å². The largest absolute Gasteiger partial charge is 0.460 e. The van der Waals surface area contributed by atoms with Crippen molar-refractivity contribution in [3.63, 3.8) is 0 Å². The van der Waals surface area contributed by atoms with Gasteiger partial charge in [-0.05, 0) is 26.2 Å². The van der Waals surface area contributed by atoms with Crippen molar-refractivity contribution in [1.29, 1.82) is 0 Å². The van der Waals surface area contributed by atoms with Crippen molar-refractivity contribution in [3.8, 4) is 0 Å². The maximum absolute atomic E-state index is 11.6. The summed E-state index contributed by atoms with van der Waals surface area (Å²) >= 11 is 0. The van der Waals surface area contributed by atoms with Gasteiger partial charge in [0.05, 0.1) is 6.10 Å². The van der Waals surface area contributed by atoms with E-state index in [4.69, 9.17) is 4.74 Å². The summed E-state index contributed by atoms with van der Waals surface area (Å²) in [6.07, 6.45) is 8.80. The summed E-state index contributed by atoms with van der Waals surface area (Å²) in [5, 5.41) is 2.91. The van der Waals surface area contributed by atoms with Crippen molar-refractivity contribution in [2.45, 2.75) is 64.5 Å². The van der Waals surface area contributed by atoms with Crippen LogP contribution in [0.5, 0.6) is 0 Å². The molecular weight excluding hydrogens is 230 g/mol. The average Bonchev–Trinajstić information content (AvgIpc) is 2.37. The smallest absolute Gasteiger partial charge is 0.331 e. The molecule has 0 aromatic carbocycles. The Morgan fingerprint density at radius 2 is 1.94 bits per heavy atom. The van der Waals surface area contributed by atoms with Gasteiger partial charge in [-0.25, -0.2) is 4.79 Å². The van der Waals surface area contributed by atoms with E-state index < -0.39 is 5.97 Å². The highest BCUT2D eigenvalue weighted by atomic mass is 16.5. The first-order chi connectivity index (χ1) is 8.61. The molecule has 0 aromatic heterocycles. The molecule has 0 bridgehead atoms. The molecule has 102 valence electrons. The average molecular weight is 253 g/mol. The predicted octanol–water partition coefficient (Wildman–Crippen LogP) is 2.33. The zero-order valence-electron chi connectivity index (χ0n) is 11.3. The molecule has 0 saturated heterocycles. The first-order valence-electron chi connectivity index (χ1n) is 6.81. The Labute approximate surface area is 109 Å². The lowest BCUT2D eigenvalue weighted by molar-refractivity contribution is -0.142. The number of carbonyl (C=O) groups is 2. The van der Waals surface area contributed by atoms with Crippen molar-refractivity contribution < 1.29 is 14.3 Å². The number of nitrogens with one attached hydrogen (secondary N) is 1. The maximum Gasteiger partial charge on any atom is 0.331 e. The fraction of sp³-hybridized carbons (Fsp3) is 0.714. The number of rotatable bonds is 5. The first-order valence-corrected chi connectivity index (χ1v) is 6.81. The molecule has 1 atom stereocenters. The van der Waals surface area contributed by atoms with Crippen LogP contribution in [0.15, 0.2) is 12.2 Å². The van der Waals surface area contributed by atoms with Crippen LogP contribution in [-0.4, -0.2) is 24.0 Å². The summed E-state index contributed by atoms with van der Waals surface area (Å²) in [5.74, 6) is -0.661. The Balaban J connectivity index is 2.27. The topological polar surface area (TPSA) is 55.4 Å². The second kappa shape index (κ2) is 7.90. The Hall–Kier alpha value is -1.32. The molecule has 1 amide bonds. The van der Waals surface area contributed by atoms with E-state index >= 15 is 0 Å². The summed E-state index contributed by atoms with van der Waals surface area (Å²) in [6, 6.07) is 0.265.